The molecule has 1 atom stereocenters. The van der Waals surface area contributed by atoms with E-state index in [1.807, 2.05) is 6.07 Å². The summed E-state index contributed by atoms with van der Waals surface area (Å²) < 4.78 is 5.56. The van der Waals surface area contributed by atoms with Gasteiger partial charge in [0.05, 0.1) is 24.0 Å². The molecule has 1 unspecified atom stereocenters. The second kappa shape index (κ2) is 5.82. The lowest BCUT2D eigenvalue weighted by Gasteiger charge is -2.33. The average Bonchev–Trinajstić information content (AvgIpc) is 3.29. The minimum absolute atomic E-state index is 0.228. The van der Waals surface area contributed by atoms with Crippen LogP contribution >= 0.6 is 0 Å². The highest BCUT2D eigenvalue weighted by molar-refractivity contribution is 5.60. The minimum Gasteiger partial charge on any atom is -0.375 e. The van der Waals surface area contributed by atoms with Gasteiger partial charge in [0.15, 0.2) is 0 Å². The Morgan fingerprint density at radius 2 is 2.30 bits per heavy atom. The molecule has 20 heavy (non-hydrogen) atoms. The van der Waals surface area contributed by atoms with Gasteiger partial charge >= 0.3 is 0 Å². The molecule has 4 nitrogen and oxygen atoms in total. The molecule has 4 heteroatoms. The molecule has 0 bridgehead atoms. The van der Waals surface area contributed by atoms with Gasteiger partial charge in [0.1, 0.15) is 6.07 Å². The minimum atomic E-state index is 0.228. The average molecular weight is 271 g/mol. The maximum Gasteiger partial charge on any atom is 0.101 e. The van der Waals surface area contributed by atoms with Crippen LogP contribution in [0.25, 0.3) is 0 Å². The maximum atomic E-state index is 9.40. The predicted octanol–water partition coefficient (Wildman–Crippen LogP) is 2.04. The second-order valence-electron chi connectivity index (χ2n) is 5.75. The van der Waals surface area contributed by atoms with Crippen molar-refractivity contribution in [1.82, 2.24) is 5.32 Å². The molecule has 1 aliphatic carbocycles. The monoisotopic (exact) mass is 271 g/mol. The molecule has 1 saturated heterocycles. The lowest BCUT2D eigenvalue weighted by Crippen LogP contribution is -2.41. The smallest absolute Gasteiger partial charge is 0.101 e. The van der Waals surface area contributed by atoms with Gasteiger partial charge < -0.3 is 15.0 Å². The Morgan fingerprint density at radius 1 is 1.45 bits per heavy atom. The zero-order valence-corrected chi connectivity index (χ0v) is 11.9. The number of nitrogens with one attached hydrogen (secondary N) is 1. The van der Waals surface area contributed by atoms with E-state index in [1.165, 1.54) is 18.4 Å². The summed E-state index contributed by atoms with van der Waals surface area (Å²) in [6.07, 6.45) is 2.80. The van der Waals surface area contributed by atoms with E-state index in [9.17, 15) is 5.26 Å². The molecule has 1 N–H and O–H groups in total. The third-order valence-electron chi connectivity index (χ3n) is 3.94. The lowest BCUT2D eigenvalue weighted by atomic mass is 10.1. The van der Waals surface area contributed by atoms with Crippen LogP contribution < -0.4 is 10.2 Å². The van der Waals surface area contributed by atoms with Crippen LogP contribution in [-0.4, -0.2) is 31.8 Å². The largest absolute Gasteiger partial charge is 0.375 e. The Morgan fingerprint density at radius 3 is 3.00 bits per heavy atom. The Labute approximate surface area is 120 Å². The summed E-state index contributed by atoms with van der Waals surface area (Å²) in [6, 6.07) is 9.27. The van der Waals surface area contributed by atoms with Crippen molar-refractivity contribution in [2.24, 2.45) is 0 Å². The van der Waals surface area contributed by atoms with E-state index in [2.05, 4.69) is 35.3 Å². The summed E-state index contributed by atoms with van der Waals surface area (Å²) in [6.45, 7) is 5.38. The molecule has 3 rings (SSSR count). The van der Waals surface area contributed by atoms with Crippen LogP contribution in [0, 0.1) is 11.3 Å². The third kappa shape index (κ3) is 3.12. The predicted molar refractivity (Wildman–Crippen MR) is 78.6 cm³/mol. The van der Waals surface area contributed by atoms with Gasteiger partial charge in [-0.2, -0.15) is 5.26 Å². The van der Waals surface area contributed by atoms with Crippen LogP contribution in [0.1, 0.15) is 30.9 Å². The zero-order valence-electron chi connectivity index (χ0n) is 11.9. The molecule has 1 heterocycles. The van der Waals surface area contributed by atoms with Crippen molar-refractivity contribution in [2.75, 3.05) is 24.6 Å². The van der Waals surface area contributed by atoms with E-state index in [0.29, 0.717) is 6.04 Å². The van der Waals surface area contributed by atoms with Crippen LogP contribution in [0.5, 0.6) is 0 Å². The Hall–Kier alpha value is -1.57. The molecule has 0 aromatic heterocycles. The van der Waals surface area contributed by atoms with Crippen LogP contribution in [0.3, 0.4) is 0 Å². The van der Waals surface area contributed by atoms with Crippen molar-refractivity contribution in [2.45, 2.75) is 38.5 Å². The Kier molecular flexibility index (Phi) is 3.90. The SMILES string of the molecule is CC1CN(c2ccc(CNC3CC3)cc2C#N)CCO1. The summed E-state index contributed by atoms with van der Waals surface area (Å²) in [7, 11) is 0. The topological polar surface area (TPSA) is 48.3 Å². The Balaban J connectivity index is 1.74. The van der Waals surface area contributed by atoms with Gasteiger partial charge in [-0.25, -0.2) is 0 Å². The van der Waals surface area contributed by atoms with Gasteiger partial charge in [0.2, 0.25) is 0 Å². The van der Waals surface area contributed by atoms with E-state index in [1.54, 1.807) is 0 Å². The van der Waals surface area contributed by atoms with Crippen molar-refractivity contribution in [1.29, 1.82) is 5.26 Å². The highest BCUT2D eigenvalue weighted by atomic mass is 16.5. The highest BCUT2D eigenvalue weighted by Crippen LogP contribution is 2.24. The molecule has 0 amide bonds. The van der Waals surface area contributed by atoms with Gasteiger partial charge in [-0.1, -0.05) is 6.07 Å². The van der Waals surface area contributed by atoms with Crippen LogP contribution in [0.4, 0.5) is 5.69 Å². The molecule has 1 aromatic carbocycles. The standard InChI is InChI=1S/C16H21N3O/c1-12-11-19(6-7-20-12)16-5-2-13(8-14(16)9-17)10-18-15-3-4-15/h2,5,8,12,15,18H,3-4,6-7,10-11H2,1H3. The number of hydrogen-bond donors (Lipinski definition) is 1. The second-order valence-corrected chi connectivity index (χ2v) is 5.75. The summed E-state index contributed by atoms with van der Waals surface area (Å²) in [5.74, 6) is 0. The van der Waals surface area contributed by atoms with Gasteiger partial charge in [0.25, 0.3) is 0 Å². The van der Waals surface area contributed by atoms with E-state index < -0.39 is 0 Å². The van der Waals surface area contributed by atoms with Gasteiger partial charge in [-0.3, -0.25) is 0 Å². The number of rotatable bonds is 4. The van der Waals surface area contributed by atoms with E-state index >= 15 is 0 Å². The van der Waals surface area contributed by atoms with E-state index in [0.717, 1.165) is 37.5 Å². The number of nitriles is 1. The number of anilines is 1. The number of ether oxygens (including phenoxy) is 1. The first-order valence-electron chi connectivity index (χ1n) is 7.39. The van der Waals surface area contributed by atoms with Crippen molar-refractivity contribution in [3.8, 4) is 6.07 Å². The highest BCUT2D eigenvalue weighted by Gasteiger charge is 2.21. The fourth-order valence-corrected chi connectivity index (χ4v) is 2.65. The van der Waals surface area contributed by atoms with Crippen molar-refractivity contribution < 1.29 is 4.74 Å². The Bertz CT molecular complexity index is 519. The summed E-state index contributed by atoms with van der Waals surface area (Å²) in [5, 5.41) is 12.9. The first-order chi connectivity index (χ1) is 9.76. The number of hydrogen-bond acceptors (Lipinski definition) is 4. The van der Waals surface area contributed by atoms with Crippen molar-refractivity contribution in [3.05, 3.63) is 29.3 Å². The molecular formula is C16H21N3O. The number of morpholine rings is 1. The molecular weight excluding hydrogens is 250 g/mol. The molecule has 1 aliphatic heterocycles. The fourth-order valence-electron chi connectivity index (χ4n) is 2.65. The summed E-state index contributed by atoms with van der Waals surface area (Å²) >= 11 is 0. The first kappa shape index (κ1) is 13.4. The number of nitrogens with zero attached hydrogens (tertiary/aromatic N) is 2. The fraction of sp³-hybridized carbons (Fsp3) is 0.562. The molecule has 2 fully saturated rings. The molecule has 0 spiro atoms. The zero-order chi connectivity index (χ0) is 13.9. The quantitative estimate of drug-likeness (QED) is 0.910. The third-order valence-corrected chi connectivity index (χ3v) is 3.94. The van der Waals surface area contributed by atoms with Gasteiger partial charge in [-0.15, -0.1) is 0 Å². The molecule has 106 valence electrons. The maximum absolute atomic E-state index is 9.40. The molecule has 1 aromatic rings. The van der Waals surface area contributed by atoms with E-state index in [-0.39, 0.29) is 6.10 Å². The first-order valence-corrected chi connectivity index (χ1v) is 7.39. The molecule has 1 saturated carbocycles. The van der Waals surface area contributed by atoms with E-state index in [4.69, 9.17) is 4.74 Å². The van der Waals surface area contributed by atoms with Gasteiger partial charge in [0, 0.05) is 25.7 Å². The molecule has 2 aliphatic rings. The summed E-state index contributed by atoms with van der Waals surface area (Å²) in [4.78, 5) is 2.25. The van der Waals surface area contributed by atoms with Crippen LogP contribution in [-0.2, 0) is 11.3 Å². The summed E-state index contributed by atoms with van der Waals surface area (Å²) in [5.41, 5.74) is 3.01. The molecule has 0 radical (unpaired) electrons. The normalized spacial score (nSPS) is 22.6. The van der Waals surface area contributed by atoms with Crippen molar-refractivity contribution >= 4 is 5.69 Å². The van der Waals surface area contributed by atoms with Crippen LogP contribution in [0.2, 0.25) is 0 Å². The van der Waals surface area contributed by atoms with Gasteiger partial charge in [-0.05, 0) is 37.5 Å². The van der Waals surface area contributed by atoms with Crippen LogP contribution in [0.15, 0.2) is 18.2 Å². The number of benzene rings is 1. The lowest BCUT2D eigenvalue weighted by molar-refractivity contribution is 0.0532. The van der Waals surface area contributed by atoms with Crippen molar-refractivity contribution in [3.63, 3.8) is 0 Å².